The van der Waals surface area contributed by atoms with Gasteiger partial charge in [0, 0.05) is 5.02 Å². The van der Waals surface area contributed by atoms with Crippen molar-refractivity contribution in [3.8, 4) is 0 Å². The van der Waals surface area contributed by atoms with Gasteiger partial charge in [-0.25, -0.2) is 0 Å². The highest BCUT2D eigenvalue weighted by atomic mass is 35.5. The Morgan fingerprint density at radius 1 is 1.53 bits per heavy atom. The van der Waals surface area contributed by atoms with Gasteiger partial charge in [-0.3, -0.25) is 4.79 Å². The van der Waals surface area contributed by atoms with Crippen molar-refractivity contribution in [3.63, 3.8) is 0 Å². The van der Waals surface area contributed by atoms with Crippen LogP contribution in [0.3, 0.4) is 0 Å². The molecule has 0 heterocycles. The van der Waals surface area contributed by atoms with Gasteiger partial charge in [-0.05, 0) is 31.0 Å². The van der Waals surface area contributed by atoms with Crippen molar-refractivity contribution in [3.05, 3.63) is 34.9 Å². The lowest BCUT2D eigenvalue weighted by molar-refractivity contribution is -0.123. The Morgan fingerprint density at radius 3 is 2.82 bits per heavy atom. The van der Waals surface area contributed by atoms with Crippen molar-refractivity contribution in [1.82, 2.24) is 5.32 Å². The van der Waals surface area contributed by atoms with Crippen LogP contribution in [-0.4, -0.2) is 11.9 Å². The monoisotopic (exact) mass is 254 g/mol. The number of hydrogen-bond donors (Lipinski definition) is 2. The molecule has 0 aliphatic rings. The summed E-state index contributed by atoms with van der Waals surface area (Å²) in [6.45, 7) is 3.93. The lowest BCUT2D eigenvalue weighted by Gasteiger charge is -2.17. The van der Waals surface area contributed by atoms with E-state index in [1.807, 2.05) is 38.1 Å². The van der Waals surface area contributed by atoms with Crippen LogP contribution in [0.1, 0.15) is 38.3 Å². The summed E-state index contributed by atoms with van der Waals surface area (Å²) in [6, 6.07) is 6.94. The maximum atomic E-state index is 11.7. The number of hydrogen-bond acceptors (Lipinski definition) is 2. The van der Waals surface area contributed by atoms with Gasteiger partial charge in [0.1, 0.15) is 0 Å². The molecule has 1 aromatic carbocycles. The molecule has 0 aliphatic carbocycles. The maximum Gasteiger partial charge on any atom is 0.237 e. The minimum absolute atomic E-state index is 0.0795. The summed E-state index contributed by atoms with van der Waals surface area (Å²) in [5, 5.41) is 3.55. The standard InChI is InChI=1S/C13H19ClN2O/c1-3-5-12(15)13(17)16-9(2)10-6-4-7-11(14)8-10/h4,6-9,12H,3,5,15H2,1-2H3,(H,16,17)/t9?,12-/m0/s1. The molecule has 0 spiro atoms. The van der Waals surface area contributed by atoms with Crippen LogP contribution in [0.4, 0.5) is 0 Å². The minimum atomic E-state index is -0.429. The van der Waals surface area contributed by atoms with Crippen molar-refractivity contribution in [1.29, 1.82) is 0 Å². The van der Waals surface area contributed by atoms with E-state index in [4.69, 9.17) is 17.3 Å². The highest BCUT2D eigenvalue weighted by Crippen LogP contribution is 2.17. The average Bonchev–Trinajstić information content (AvgIpc) is 2.29. The molecule has 0 radical (unpaired) electrons. The third kappa shape index (κ3) is 4.36. The smallest absolute Gasteiger partial charge is 0.237 e. The van der Waals surface area contributed by atoms with Crippen molar-refractivity contribution in [2.24, 2.45) is 5.73 Å². The highest BCUT2D eigenvalue weighted by Gasteiger charge is 2.15. The summed E-state index contributed by atoms with van der Waals surface area (Å²) in [5.41, 5.74) is 6.73. The summed E-state index contributed by atoms with van der Waals surface area (Å²) in [4.78, 5) is 11.7. The van der Waals surface area contributed by atoms with Crippen molar-refractivity contribution in [2.75, 3.05) is 0 Å². The van der Waals surface area contributed by atoms with Gasteiger partial charge in [-0.2, -0.15) is 0 Å². The Labute approximate surface area is 107 Å². The third-order valence-electron chi connectivity index (χ3n) is 2.64. The Bertz CT molecular complexity index is 381. The van der Waals surface area contributed by atoms with E-state index in [1.54, 1.807) is 0 Å². The Morgan fingerprint density at radius 2 is 2.24 bits per heavy atom. The third-order valence-corrected chi connectivity index (χ3v) is 2.88. The van der Waals surface area contributed by atoms with Gasteiger partial charge in [0.25, 0.3) is 0 Å². The molecule has 1 aromatic rings. The van der Waals surface area contributed by atoms with Gasteiger partial charge >= 0.3 is 0 Å². The molecule has 0 fully saturated rings. The highest BCUT2D eigenvalue weighted by molar-refractivity contribution is 6.30. The fourth-order valence-corrected chi connectivity index (χ4v) is 1.82. The zero-order chi connectivity index (χ0) is 12.8. The van der Waals surface area contributed by atoms with Crippen LogP contribution in [0.2, 0.25) is 5.02 Å². The number of benzene rings is 1. The molecule has 4 heteroatoms. The molecule has 2 atom stereocenters. The molecular weight excluding hydrogens is 236 g/mol. The molecule has 0 aliphatic heterocycles. The van der Waals surface area contributed by atoms with Crippen LogP contribution in [0.15, 0.2) is 24.3 Å². The van der Waals surface area contributed by atoms with E-state index in [0.29, 0.717) is 11.4 Å². The predicted octanol–water partition coefficient (Wildman–Crippen LogP) is 2.64. The summed E-state index contributed by atoms with van der Waals surface area (Å²) in [6.07, 6.45) is 1.61. The number of rotatable bonds is 5. The molecule has 17 heavy (non-hydrogen) atoms. The maximum absolute atomic E-state index is 11.7. The quantitative estimate of drug-likeness (QED) is 0.849. The van der Waals surface area contributed by atoms with E-state index in [2.05, 4.69) is 5.32 Å². The molecule has 1 amide bonds. The van der Waals surface area contributed by atoms with Crippen LogP contribution in [0, 0.1) is 0 Å². The zero-order valence-electron chi connectivity index (χ0n) is 10.2. The summed E-state index contributed by atoms with van der Waals surface area (Å²) in [7, 11) is 0. The number of carbonyl (C=O) groups excluding carboxylic acids is 1. The summed E-state index contributed by atoms with van der Waals surface area (Å²) < 4.78 is 0. The van der Waals surface area contributed by atoms with Gasteiger partial charge < -0.3 is 11.1 Å². The zero-order valence-corrected chi connectivity index (χ0v) is 11.0. The molecule has 0 saturated carbocycles. The van der Waals surface area contributed by atoms with E-state index in [-0.39, 0.29) is 11.9 Å². The van der Waals surface area contributed by atoms with Crippen LogP contribution in [-0.2, 0) is 4.79 Å². The molecule has 1 unspecified atom stereocenters. The molecule has 3 nitrogen and oxygen atoms in total. The summed E-state index contributed by atoms with van der Waals surface area (Å²) in [5.74, 6) is -0.112. The van der Waals surface area contributed by atoms with Crippen molar-refractivity contribution >= 4 is 17.5 Å². The first-order valence-corrected chi connectivity index (χ1v) is 6.23. The molecular formula is C13H19ClN2O. The first-order valence-electron chi connectivity index (χ1n) is 5.86. The number of amides is 1. The molecule has 0 bridgehead atoms. The van der Waals surface area contributed by atoms with Gasteiger partial charge in [-0.15, -0.1) is 0 Å². The van der Waals surface area contributed by atoms with Crippen LogP contribution in [0.5, 0.6) is 0 Å². The first-order chi connectivity index (χ1) is 8.04. The molecule has 0 saturated heterocycles. The Balaban J connectivity index is 2.60. The summed E-state index contributed by atoms with van der Waals surface area (Å²) >= 11 is 5.90. The number of halogens is 1. The number of carbonyl (C=O) groups is 1. The van der Waals surface area contributed by atoms with E-state index in [0.717, 1.165) is 12.0 Å². The van der Waals surface area contributed by atoms with E-state index < -0.39 is 6.04 Å². The molecule has 0 aromatic heterocycles. The molecule has 1 rings (SSSR count). The second kappa shape index (κ2) is 6.62. The average molecular weight is 255 g/mol. The topological polar surface area (TPSA) is 55.1 Å². The lowest BCUT2D eigenvalue weighted by Crippen LogP contribution is -2.41. The Kier molecular flexibility index (Phi) is 5.45. The van der Waals surface area contributed by atoms with E-state index in [9.17, 15) is 4.79 Å². The second-order valence-corrected chi connectivity index (χ2v) is 4.62. The van der Waals surface area contributed by atoms with E-state index in [1.165, 1.54) is 0 Å². The van der Waals surface area contributed by atoms with Gasteiger partial charge in [0.15, 0.2) is 0 Å². The first kappa shape index (κ1) is 14.0. The van der Waals surface area contributed by atoms with Crippen LogP contribution in [0.25, 0.3) is 0 Å². The van der Waals surface area contributed by atoms with Crippen molar-refractivity contribution < 1.29 is 4.79 Å². The SMILES string of the molecule is CCC[C@H](N)C(=O)NC(C)c1cccc(Cl)c1. The fourth-order valence-electron chi connectivity index (χ4n) is 1.62. The van der Waals surface area contributed by atoms with Gasteiger partial charge in [0.2, 0.25) is 5.91 Å². The normalized spacial score (nSPS) is 14.1. The molecule has 94 valence electrons. The van der Waals surface area contributed by atoms with Crippen molar-refractivity contribution in [2.45, 2.75) is 38.8 Å². The number of nitrogens with two attached hydrogens (primary N) is 1. The van der Waals surface area contributed by atoms with Crippen LogP contribution < -0.4 is 11.1 Å². The van der Waals surface area contributed by atoms with Gasteiger partial charge in [-0.1, -0.05) is 37.1 Å². The Hall–Kier alpha value is -1.06. The van der Waals surface area contributed by atoms with E-state index >= 15 is 0 Å². The van der Waals surface area contributed by atoms with Crippen LogP contribution >= 0.6 is 11.6 Å². The number of nitrogens with one attached hydrogen (secondary N) is 1. The second-order valence-electron chi connectivity index (χ2n) is 4.18. The minimum Gasteiger partial charge on any atom is -0.348 e. The fraction of sp³-hybridized carbons (Fsp3) is 0.462. The predicted molar refractivity (Wildman–Crippen MR) is 70.9 cm³/mol. The lowest BCUT2D eigenvalue weighted by atomic mass is 10.1. The molecule has 3 N–H and O–H groups in total. The largest absolute Gasteiger partial charge is 0.348 e. The van der Waals surface area contributed by atoms with Gasteiger partial charge in [0.05, 0.1) is 12.1 Å².